The Morgan fingerprint density at radius 3 is 1.35 bits per heavy atom. The molecule has 0 unspecified atom stereocenters. The standard InChI is InChI=1S/C7H10O6S.3Na/c1-14-7(6(12)13,2-4(8)9)3-5(10)11;;;/h2-3H2,1H3,(H,8,9)(H,10,11)(H,12,13);;;/q;3*+1/p-3. The average Bonchev–Trinajstić information content (AvgIpc) is 2.00. The van der Waals surface area contributed by atoms with Gasteiger partial charge in [-0.3, -0.25) is 0 Å². The second-order valence-electron chi connectivity index (χ2n) is 2.58. The molecule has 0 aromatic heterocycles. The maximum atomic E-state index is 10.6. The number of carboxylic acids is 3. The van der Waals surface area contributed by atoms with E-state index >= 15 is 0 Å². The molecule has 0 aliphatic carbocycles. The summed E-state index contributed by atoms with van der Waals surface area (Å²) in [5.41, 5.74) is 0. The van der Waals surface area contributed by atoms with Gasteiger partial charge in [0.05, 0.1) is 10.7 Å². The number of carbonyl (C=O) groups is 3. The maximum absolute atomic E-state index is 10.6. The van der Waals surface area contributed by atoms with Gasteiger partial charge in [-0.1, -0.05) is 0 Å². The minimum absolute atomic E-state index is 0. The smallest absolute Gasteiger partial charge is 0.550 e. The molecule has 17 heavy (non-hydrogen) atoms. The zero-order valence-corrected chi connectivity index (χ0v) is 17.1. The summed E-state index contributed by atoms with van der Waals surface area (Å²) in [6.07, 6.45) is -0.573. The first-order valence-corrected chi connectivity index (χ1v) is 4.73. The molecule has 0 aliphatic heterocycles. The molecule has 0 amide bonds. The summed E-state index contributed by atoms with van der Waals surface area (Å²) in [4.78, 5) is 31.1. The molecule has 0 rings (SSSR count). The van der Waals surface area contributed by atoms with Gasteiger partial charge < -0.3 is 29.7 Å². The van der Waals surface area contributed by atoms with Gasteiger partial charge in [-0.2, -0.15) is 11.8 Å². The van der Waals surface area contributed by atoms with Crippen LogP contribution in [-0.4, -0.2) is 28.9 Å². The number of hydrogen-bond donors (Lipinski definition) is 0. The van der Waals surface area contributed by atoms with Gasteiger partial charge in [-0.05, 0) is 6.26 Å². The van der Waals surface area contributed by atoms with Gasteiger partial charge >= 0.3 is 88.7 Å². The predicted octanol–water partition coefficient (Wildman–Crippen LogP) is -12.9. The van der Waals surface area contributed by atoms with E-state index in [-0.39, 0.29) is 88.7 Å². The third kappa shape index (κ3) is 10.2. The van der Waals surface area contributed by atoms with Crippen molar-refractivity contribution in [2.75, 3.05) is 6.26 Å². The molecular weight excluding hydrogens is 281 g/mol. The van der Waals surface area contributed by atoms with Crippen molar-refractivity contribution in [1.29, 1.82) is 0 Å². The van der Waals surface area contributed by atoms with E-state index in [1.807, 2.05) is 0 Å². The van der Waals surface area contributed by atoms with Crippen LogP contribution in [0, 0.1) is 0 Å². The summed E-state index contributed by atoms with van der Waals surface area (Å²) in [6.45, 7) is 0. The monoisotopic (exact) mass is 288 g/mol. The fraction of sp³-hybridized carbons (Fsp3) is 0.571. The van der Waals surface area contributed by atoms with E-state index in [1.165, 1.54) is 6.26 Å². The van der Waals surface area contributed by atoms with Crippen molar-refractivity contribution < 1.29 is 118 Å². The minimum atomic E-state index is -2.02. The first kappa shape index (κ1) is 27.2. The molecular formula is C7H7Na3O6S. The molecule has 0 aliphatic rings. The van der Waals surface area contributed by atoms with Crippen LogP contribution in [0.15, 0.2) is 0 Å². The Balaban J connectivity index is -0.000000282. The normalized spacial score (nSPS) is 9.00. The van der Waals surface area contributed by atoms with E-state index in [1.54, 1.807) is 0 Å². The Morgan fingerprint density at radius 1 is 0.941 bits per heavy atom. The van der Waals surface area contributed by atoms with Crippen LogP contribution in [0.25, 0.3) is 0 Å². The molecule has 0 atom stereocenters. The molecule has 0 saturated carbocycles. The third-order valence-corrected chi connectivity index (χ3v) is 2.86. The SMILES string of the molecule is CSC(CC(=O)[O-])(CC(=O)[O-])C(=O)[O-].[Na+].[Na+].[Na+]. The van der Waals surface area contributed by atoms with Crippen LogP contribution in [0.4, 0.5) is 0 Å². The fourth-order valence-electron chi connectivity index (χ4n) is 0.901. The topological polar surface area (TPSA) is 120 Å². The van der Waals surface area contributed by atoms with Crippen molar-refractivity contribution in [1.82, 2.24) is 0 Å². The van der Waals surface area contributed by atoms with Crippen LogP contribution in [-0.2, 0) is 14.4 Å². The molecule has 80 valence electrons. The average molecular weight is 288 g/mol. The van der Waals surface area contributed by atoms with Crippen molar-refractivity contribution in [3.63, 3.8) is 0 Å². The molecule has 0 heterocycles. The first-order valence-electron chi connectivity index (χ1n) is 3.50. The van der Waals surface area contributed by atoms with Crippen LogP contribution >= 0.6 is 11.8 Å². The van der Waals surface area contributed by atoms with Crippen molar-refractivity contribution in [3.05, 3.63) is 0 Å². The molecule has 0 radical (unpaired) electrons. The molecule has 0 aromatic carbocycles. The van der Waals surface area contributed by atoms with Crippen molar-refractivity contribution >= 4 is 29.7 Å². The minimum Gasteiger partial charge on any atom is -0.550 e. The summed E-state index contributed by atoms with van der Waals surface area (Å²) in [5.74, 6) is -5.05. The maximum Gasteiger partial charge on any atom is 1.00 e. The van der Waals surface area contributed by atoms with E-state index in [9.17, 15) is 29.7 Å². The van der Waals surface area contributed by atoms with Crippen LogP contribution in [0.2, 0.25) is 0 Å². The van der Waals surface area contributed by atoms with Gasteiger partial charge in [-0.25, -0.2) is 0 Å². The summed E-state index contributed by atoms with van der Waals surface area (Å²) >= 11 is 0.578. The fourth-order valence-corrected chi connectivity index (χ4v) is 1.59. The number of carbonyl (C=O) groups excluding carboxylic acids is 3. The molecule has 0 fully saturated rings. The third-order valence-electron chi connectivity index (χ3n) is 1.62. The second-order valence-corrected chi connectivity index (χ2v) is 3.77. The van der Waals surface area contributed by atoms with E-state index < -0.39 is 35.5 Å². The van der Waals surface area contributed by atoms with Gasteiger partial charge in [0, 0.05) is 24.8 Å². The van der Waals surface area contributed by atoms with Crippen LogP contribution in [0.5, 0.6) is 0 Å². The van der Waals surface area contributed by atoms with Gasteiger partial charge in [0.25, 0.3) is 0 Å². The Labute approximate surface area is 169 Å². The van der Waals surface area contributed by atoms with Gasteiger partial charge in [0.15, 0.2) is 0 Å². The van der Waals surface area contributed by atoms with E-state index in [0.29, 0.717) is 11.8 Å². The second kappa shape index (κ2) is 12.8. The van der Waals surface area contributed by atoms with Crippen LogP contribution in [0.3, 0.4) is 0 Å². The van der Waals surface area contributed by atoms with E-state index in [0.717, 1.165) is 0 Å². The summed E-state index contributed by atoms with van der Waals surface area (Å²) in [6, 6.07) is 0. The summed E-state index contributed by atoms with van der Waals surface area (Å²) < 4.78 is -2.02. The Hall–Kier alpha value is 1.76. The number of hydrogen-bond acceptors (Lipinski definition) is 7. The van der Waals surface area contributed by atoms with Crippen molar-refractivity contribution in [2.24, 2.45) is 0 Å². The molecule has 0 bridgehead atoms. The number of thioether (sulfide) groups is 1. The number of aliphatic carboxylic acids is 3. The van der Waals surface area contributed by atoms with Crippen LogP contribution < -0.4 is 104 Å². The Bertz CT molecular complexity index is 256. The largest absolute Gasteiger partial charge is 1.00 e. The Kier molecular flexibility index (Phi) is 20.4. The molecule has 0 aromatic rings. The zero-order chi connectivity index (χ0) is 11.4. The van der Waals surface area contributed by atoms with E-state index in [2.05, 4.69) is 0 Å². The van der Waals surface area contributed by atoms with Gasteiger partial charge in [0.1, 0.15) is 0 Å². The Morgan fingerprint density at radius 2 is 1.24 bits per heavy atom. The summed E-state index contributed by atoms with van der Waals surface area (Å²) in [5, 5.41) is 31.1. The zero-order valence-electron chi connectivity index (χ0n) is 10.3. The molecule has 10 heteroatoms. The molecule has 0 saturated heterocycles. The molecule has 0 N–H and O–H groups in total. The molecule has 6 nitrogen and oxygen atoms in total. The quantitative estimate of drug-likeness (QED) is 0.445. The van der Waals surface area contributed by atoms with E-state index in [4.69, 9.17) is 0 Å². The van der Waals surface area contributed by atoms with Gasteiger partial charge in [0.2, 0.25) is 0 Å². The summed E-state index contributed by atoms with van der Waals surface area (Å²) in [7, 11) is 0. The number of rotatable bonds is 6. The van der Waals surface area contributed by atoms with Crippen molar-refractivity contribution in [3.8, 4) is 0 Å². The van der Waals surface area contributed by atoms with Crippen LogP contribution in [0.1, 0.15) is 12.8 Å². The first-order chi connectivity index (χ1) is 6.34. The van der Waals surface area contributed by atoms with Crippen molar-refractivity contribution in [2.45, 2.75) is 17.6 Å². The predicted molar refractivity (Wildman–Crippen MR) is 40.5 cm³/mol. The van der Waals surface area contributed by atoms with Gasteiger partial charge in [-0.15, -0.1) is 0 Å². The molecule has 0 spiro atoms. The number of carboxylic acid groups (broad SMARTS) is 3.